The van der Waals surface area contributed by atoms with Crippen molar-refractivity contribution < 1.29 is 114 Å². The number of carboxylic acids is 2. The molecule has 0 aromatic carbocycles. The van der Waals surface area contributed by atoms with Gasteiger partial charge in [0.1, 0.15) is 85.3 Å². The van der Waals surface area contributed by atoms with Gasteiger partial charge >= 0.3 is 11.9 Å². The molecule has 4 aliphatic heterocycles. The fourth-order valence-electron chi connectivity index (χ4n) is 6.30. The largest absolute Gasteiger partial charge is 0.479 e. The first-order chi connectivity index (χ1) is 24.8. The predicted molar refractivity (Wildman–Crippen MR) is 158 cm³/mol. The van der Waals surface area contributed by atoms with Crippen LogP contribution in [-0.4, -0.2) is 221 Å². The van der Waals surface area contributed by atoms with Crippen LogP contribution in [0.25, 0.3) is 0 Å². The quantitative estimate of drug-likeness (QED) is 0.0875. The number of rotatable bonds is 12. The molecular weight excluding hydrogens is 732 g/mol. The van der Waals surface area contributed by atoms with Crippen molar-refractivity contribution in [1.82, 2.24) is 10.6 Å². The second-order valence-electron chi connectivity index (χ2n) is 12.7. The zero-order valence-electron chi connectivity index (χ0n) is 27.8. The van der Waals surface area contributed by atoms with Gasteiger partial charge in [0, 0.05) is 13.8 Å². The van der Waals surface area contributed by atoms with Gasteiger partial charge in [0.2, 0.25) is 11.8 Å². The highest BCUT2D eigenvalue weighted by atomic mass is 16.8. The lowest BCUT2D eigenvalue weighted by Crippen LogP contribution is -2.70. The second kappa shape index (κ2) is 17.8. The van der Waals surface area contributed by atoms with Gasteiger partial charge in [-0.2, -0.15) is 0 Å². The standard InChI is InChI=1S/C28H44N2O23/c1-5(33)29-9-18(11(35)7(3-31)47-25(9)46)49-28-17(41)15(39)20(22(53-28)24(44)45)51-26-10(30-6(2)34)19(12(36)8(4-32)48-26)50-27-16(40)13(37)14(38)21(52-27)23(42)43/h7-22,25-28,31-32,35-41,46H,3-4H2,1-2H3,(H,29,33)(H,30,34)(H,42,43)(H,44,45)/t7-,8-,9-,10-,11-,12-,13+,14-,15-,16-,17-,18-,19+,20+,21+,22+,25+,26+,27+,28-/m1/s1. The molecule has 304 valence electrons. The van der Waals surface area contributed by atoms with Crippen molar-refractivity contribution in [2.75, 3.05) is 13.2 Å². The summed E-state index contributed by atoms with van der Waals surface area (Å²) in [6.07, 6.45) is -36.5. The Hall–Kier alpha value is -2.80. The first-order valence-electron chi connectivity index (χ1n) is 16.1. The molecule has 0 bridgehead atoms. The smallest absolute Gasteiger partial charge is 0.335 e. The predicted octanol–water partition coefficient (Wildman–Crippen LogP) is -9.28. The van der Waals surface area contributed by atoms with Crippen molar-refractivity contribution in [3.8, 4) is 0 Å². The number of carbonyl (C=O) groups excluding carboxylic acids is 2. The molecule has 53 heavy (non-hydrogen) atoms. The van der Waals surface area contributed by atoms with Crippen LogP contribution in [-0.2, 0) is 52.3 Å². The van der Waals surface area contributed by atoms with Crippen molar-refractivity contribution in [1.29, 1.82) is 0 Å². The molecule has 2 amide bonds. The maximum Gasteiger partial charge on any atom is 0.335 e. The zero-order chi connectivity index (χ0) is 39.6. The number of carbonyl (C=O) groups is 4. The average Bonchev–Trinajstić information content (AvgIpc) is 3.08. The van der Waals surface area contributed by atoms with Crippen LogP contribution in [0.2, 0.25) is 0 Å². The maximum atomic E-state index is 12.5. The number of nitrogens with one attached hydrogen (secondary N) is 2. The van der Waals surface area contributed by atoms with E-state index in [1.165, 1.54) is 0 Å². The van der Waals surface area contributed by atoms with E-state index in [2.05, 4.69) is 10.6 Å². The van der Waals surface area contributed by atoms with E-state index in [1.54, 1.807) is 0 Å². The molecule has 4 rings (SSSR count). The molecule has 0 unspecified atom stereocenters. The molecule has 0 radical (unpaired) electrons. The van der Waals surface area contributed by atoms with Crippen molar-refractivity contribution in [3.63, 3.8) is 0 Å². The molecule has 14 N–H and O–H groups in total. The maximum absolute atomic E-state index is 12.5. The van der Waals surface area contributed by atoms with E-state index in [0.717, 1.165) is 13.8 Å². The Morgan fingerprint density at radius 2 is 0.943 bits per heavy atom. The van der Waals surface area contributed by atoms with E-state index < -0.39 is 160 Å². The third kappa shape index (κ3) is 9.19. The van der Waals surface area contributed by atoms with E-state index in [9.17, 15) is 80.5 Å². The highest BCUT2D eigenvalue weighted by Gasteiger charge is 2.57. The van der Waals surface area contributed by atoms with Crippen molar-refractivity contribution in [2.45, 2.75) is 137 Å². The van der Waals surface area contributed by atoms with Crippen LogP contribution in [0.5, 0.6) is 0 Å². The van der Waals surface area contributed by atoms with E-state index in [1.807, 2.05) is 0 Å². The molecule has 25 nitrogen and oxygen atoms in total. The fraction of sp³-hybridized carbons (Fsp3) is 0.857. The van der Waals surface area contributed by atoms with Crippen LogP contribution in [0.1, 0.15) is 13.8 Å². The third-order valence-electron chi connectivity index (χ3n) is 8.94. The number of ether oxygens (including phenoxy) is 7. The molecule has 4 heterocycles. The number of hydrogen-bond acceptors (Lipinski definition) is 21. The molecule has 0 aromatic rings. The lowest BCUT2D eigenvalue weighted by Gasteiger charge is -2.49. The second-order valence-corrected chi connectivity index (χ2v) is 12.7. The monoisotopic (exact) mass is 776 g/mol. The van der Waals surface area contributed by atoms with Crippen LogP contribution in [0, 0.1) is 0 Å². The SMILES string of the molecule is CC(=O)N[C@@H]1[C@@H](O[C@@H]2O[C@H](C(=O)O)[C@@H](O[C@@H]3O[C@H](CO)[C@@H](O)[C@@H](O[C@H]4O[C@H](C(=O)O)[C@H](O)[C@H](O)[C@H]4O)[C@H]3NC(C)=O)[C@H](O)[C@H]2O)[C@H](O)[C@@H](CO)O[C@@H]1O. The summed E-state index contributed by atoms with van der Waals surface area (Å²) in [6, 6.07) is -3.38. The summed E-state index contributed by atoms with van der Waals surface area (Å²) >= 11 is 0. The average molecular weight is 777 g/mol. The summed E-state index contributed by atoms with van der Waals surface area (Å²) in [5.41, 5.74) is 0. The summed E-state index contributed by atoms with van der Waals surface area (Å²) in [7, 11) is 0. The Bertz CT molecular complexity index is 1300. The Kier molecular flexibility index (Phi) is 14.4. The van der Waals surface area contributed by atoms with Gasteiger partial charge < -0.3 is 105 Å². The lowest BCUT2D eigenvalue weighted by atomic mass is 9.94. The van der Waals surface area contributed by atoms with Crippen LogP contribution < -0.4 is 10.6 Å². The fourth-order valence-corrected chi connectivity index (χ4v) is 6.30. The van der Waals surface area contributed by atoms with Gasteiger partial charge in [-0.1, -0.05) is 0 Å². The minimum atomic E-state index is -2.30. The van der Waals surface area contributed by atoms with Crippen LogP contribution in [0.3, 0.4) is 0 Å². The van der Waals surface area contributed by atoms with E-state index >= 15 is 0 Å². The Balaban J connectivity index is 1.62. The summed E-state index contributed by atoms with van der Waals surface area (Å²) in [5, 5.41) is 129. The Morgan fingerprint density at radius 1 is 0.509 bits per heavy atom. The minimum absolute atomic E-state index is 0.752. The number of aliphatic hydroxyl groups is 10. The van der Waals surface area contributed by atoms with Gasteiger partial charge in [0.25, 0.3) is 0 Å². The topological polar surface area (TPSA) is 400 Å². The normalized spacial score (nSPS) is 46.3. The molecule has 0 aromatic heterocycles. The van der Waals surface area contributed by atoms with E-state index in [4.69, 9.17) is 33.2 Å². The molecule has 20 atom stereocenters. The molecule has 4 saturated heterocycles. The number of carboxylic acid groups (broad SMARTS) is 2. The summed E-state index contributed by atoms with van der Waals surface area (Å²) in [5.74, 6) is -5.28. The summed E-state index contributed by atoms with van der Waals surface area (Å²) in [4.78, 5) is 48.2. The number of aliphatic hydroxyl groups excluding tert-OH is 10. The summed E-state index contributed by atoms with van der Waals surface area (Å²) < 4.78 is 38.0. The minimum Gasteiger partial charge on any atom is -0.479 e. The van der Waals surface area contributed by atoms with Gasteiger partial charge in [-0.25, -0.2) is 9.59 Å². The van der Waals surface area contributed by atoms with Crippen molar-refractivity contribution in [3.05, 3.63) is 0 Å². The highest BCUT2D eigenvalue weighted by molar-refractivity contribution is 5.74. The van der Waals surface area contributed by atoms with Gasteiger partial charge in [-0.05, 0) is 0 Å². The molecular formula is C28H44N2O23. The zero-order valence-corrected chi connectivity index (χ0v) is 27.8. The van der Waals surface area contributed by atoms with Crippen molar-refractivity contribution in [2.24, 2.45) is 0 Å². The van der Waals surface area contributed by atoms with Gasteiger partial charge in [-0.3, -0.25) is 9.59 Å². The summed E-state index contributed by atoms with van der Waals surface area (Å²) in [6.45, 7) is 0.116. The Morgan fingerprint density at radius 3 is 1.43 bits per heavy atom. The highest BCUT2D eigenvalue weighted by Crippen LogP contribution is 2.34. The molecule has 4 aliphatic rings. The molecule has 25 heteroatoms. The van der Waals surface area contributed by atoms with Crippen LogP contribution in [0.15, 0.2) is 0 Å². The van der Waals surface area contributed by atoms with Gasteiger partial charge in [0.05, 0.1) is 13.2 Å². The lowest BCUT2D eigenvalue weighted by molar-refractivity contribution is -0.368. The first kappa shape index (κ1) is 42.9. The third-order valence-corrected chi connectivity index (χ3v) is 8.94. The number of hydrogen-bond donors (Lipinski definition) is 14. The Labute approximate surface area is 298 Å². The first-order valence-corrected chi connectivity index (χ1v) is 16.1. The van der Waals surface area contributed by atoms with Crippen LogP contribution >= 0.6 is 0 Å². The van der Waals surface area contributed by atoms with Gasteiger partial charge in [-0.15, -0.1) is 0 Å². The molecule has 0 spiro atoms. The van der Waals surface area contributed by atoms with E-state index in [0.29, 0.717) is 0 Å². The number of amides is 2. The number of aliphatic carboxylic acids is 2. The van der Waals surface area contributed by atoms with Crippen LogP contribution in [0.4, 0.5) is 0 Å². The van der Waals surface area contributed by atoms with Crippen molar-refractivity contribution >= 4 is 23.8 Å². The molecule has 0 saturated carbocycles. The van der Waals surface area contributed by atoms with Gasteiger partial charge in [0.15, 0.2) is 37.4 Å². The van der Waals surface area contributed by atoms with E-state index in [-0.39, 0.29) is 0 Å². The molecule has 4 fully saturated rings. The molecule has 0 aliphatic carbocycles.